The van der Waals surface area contributed by atoms with Crippen molar-refractivity contribution in [3.05, 3.63) is 64.4 Å². The van der Waals surface area contributed by atoms with Crippen LogP contribution in [0, 0.1) is 6.92 Å². The molecule has 3 heterocycles. The lowest BCUT2D eigenvalue weighted by Gasteiger charge is -2.22. The van der Waals surface area contributed by atoms with Crippen LogP contribution in [-0.4, -0.2) is 21.8 Å². The van der Waals surface area contributed by atoms with Crippen LogP contribution < -0.4 is 5.32 Å². The van der Waals surface area contributed by atoms with Crippen LogP contribution in [0.25, 0.3) is 10.8 Å². The summed E-state index contributed by atoms with van der Waals surface area (Å²) in [5, 5.41) is 4.80. The van der Waals surface area contributed by atoms with E-state index < -0.39 is 11.6 Å². The molecule has 29 heavy (non-hydrogen) atoms. The Balaban J connectivity index is 1.58. The standard InChI is InChI=1S/C22H23N3O3S/c1-13(2)15-7-9-16(10-8-15)22(4)20(26)25(21(27)24-22)12-17-14(3)28-19(23-17)18-6-5-11-29-18/h5-11,13H,12H2,1-4H3,(H,24,27). The Labute approximate surface area is 173 Å². The number of carbonyl (C=O) groups is 2. The highest BCUT2D eigenvalue weighted by Crippen LogP contribution is 2.32. The number of rotatable bonds is 5. The highest BCUT2D eigenvalue weighted by molar-refractivity contribution is 7.13. The third-order valence-corrected chi connectivity index (χ3v) is 6.22. The molecule has 0 radical (unpaired) electrons. The van der Waals surface area contributed by atoms with Gasteiger partial charge in [0, 0.05) is 0 Å². The van der Waals surface area contributed by atoms with Crippen LogP contribution in [0.3, 0.4) is 0 Å². The van der Waals surface area contributed by atoms with E-state index in [1.54, 1.807) is 13.8 Å². The minimum atomic E-state index is -1.10. The van der Waals surface area contributed by atoms with Crippen LogP contribution in [0.1, 0.15) is 49.3 Å². The molecule has 0 aliphatic carbocycles. The maximum Gasteiger partial charge on any atom is 0.325 e. The second-order valence-corrected chi connectivity index (χ2v) is 8.67. The number of nitrogens with one attached hydrogen (secondary N) is 1. The summed E-state index contributed by atoms with van der Waals surface area (Å²) in [5.41, 5.74) is 1.43. The lowest BCUT2D eigenvalue weighted by Crippen LogP contribution is -2.40. The molecule has 1 saturated heterocycles. The van der Waals surface area contributed by atoms with Crippen molar-refractivity contribution in [1.82, 2.24) is 15.2 Å². The van der Waals surface area contributed by atoms with Crippen molar-refractivity contribution in [2.24, 2.45) is 0 Å². The average molecular weight is 410 g/mol. The van der Waals surface area contributed by atoms with Gasteiger partial charge in [0.15, 0.2) is 0 Å². The second-order valence-electron chi connectivity index (χ2n) is 7.72. The van der Waals surface area contributed by atoms with Gasteiger partial charge in [-0.1, -0.05) is 44.2 Å². The Hall–Kier alpha value is -2.93. The Bertz CT molecular complexity index is 1050. The van der Waals surface area contributed by atoms with Gasteiger partial charge >= 0.3 is 6.03 Å². The molecule has 3 amide bonds. The largest absolute Gasteiger partial charge is 0.440 e. The van der Waals surface area contributed by atoms with Gasteiger partial charge in [-0.2, -0.15) is 0 Å². The molecule has 150 valence electrons. The lowest BCUT2D eigenvalue weighted by atomic mass is 9.90. The number of urea groups is 1. The van der Waals surface area contributed by atoms with Gasteiger partial charge in [0.25, 0.3) is 5.91 Å². The minimum Gasteiger partial charge on any atom is -0.440 e. The van der Waals surface area contributed by atoms with Crippen molar-refractivity contribution in [3.8, 4) is 10.8 Å². The third-order valence-electron chi connectivity index (χ3n) is 5.36. The van der Waals surface area contributed by atoms with Crippen LogP contribution >= 0.6 is 11.3 Å². The van der Waals surface area contributed by atoms with E-state index in [0.717, 1.165) is 10.4 Å². The molecule has 1 aliphatic heterocycles. The number of hydrogen-bond donors (Lipinski definition) is 1. The van der Waals surface area contributed by atoms with E-state index in [9.17, 15) is 9.59 Å². The van der Waals surface area contributed by atoms with Gasteiger partial charge in [0.2, 0.25) is 5.89 Å². The first-order valence-corrected chi connectivity index (χ1v) is 10.4. The molecule has 1 unspecified atom stereocenters. The van der Waals surface area contributed by atoms with E-state index in [-0.39, 0.29) is 12.5 Å². The van der Waals surface area contributed by atoms with E-state index in [1.807, 2.05) is 41.8 Å². The molecule has 0 bridgehead atoms. The number of hydrogen-bond acceptors (Lipinski definition) is 5. The molecule has 1 aliphatic rings. The zero-order valence-electron chi connectivity index (χ0n) is 16.9. The Morgan fingerprint density at radius 2 is 1.93 bits per heavy atom. The molecule has 0 spiro atoms. The molecule has 1 aromatic carbocycles. The number of aryl methyl sites for hydroxylation is 1. The van der Waals surface area contributed by atoms with Crippen LogP contribution in [0.15, 0.2) is 46.2 Å². The Kier molecular flexibility index (Phi) is 4.78. The number of aromatic nitrogens is 1. The highest BCUT2D eigenvalue weighted by Gasteiger charge is 2.49. The van der Waals surface area contributed by atoms with Gasteiger partial charge < -0.3 is 9.73 Å². The van der Waals surface area contributed by atoms with Crippen LogP contribution in [-0.2, 0) is 16.9 Å². The third kappa shape index (κ3) is 3.35. The fourth-order valence-electron chi connectivity index (χ4n) is 3.47. The van der Waals surface area contributed by atoms with Crippen molar-refractivity contribution in [1.29, 1.82) is 0 Å². The van der Waals surface area contributed by atoms with Gasteiger partial charge in [0.1, 0.15) is 17.0 Å². The van der Waals surface area contributed by atoms with E-state index in [2.05, 4.69) is 24.1 Å². The SMILES string of the molecule is Cc1oc(-c2cccs2)nc1CN1C(=O)NC(C)(c2ccc(C(C)C)cc2)C1=O. The summed E-state index contributed by atoms with van der Waals surface area (Å²) < 4.78 is 5.74. The maximum atomic E-state index is 13.2. The molecule has 0 saturated carbocycles. The summed E-state index contributed by atoms with van der Waals surface area (Å²) in [6.07, 6.45) is 0. The summed E-state index contributed by atoms with van der Waals surface area (Å²) in [7, 11) is 0. The van der Waals surface area contributed by atoms with Crippen molar-refractivity contribution < 1.29 is 14.0 Å². The molecule has 6 nitrogen and oxygen atoms in total. The monoisotopic (exact) mass is 409 g/mol. The molecule has 1 fully saturated rings. The number of benzene rings is 1. The second kappa shape index (κ2) is 7.15. The smallest absolute Gasteiger partial charge is 0.325 e. The molecular weight excluding hydrogens is 386 g/mol. The van der Waals surface area contributed by atoms with Crippen LogP contribution in [0.2, 0.25) is 0 Å². The van der Waals surface area contributed by atoms with Gasteiger partial charge in [-0.3, -0.25) is 9.69 Å². The first-order chi connectivity index (χ1) is 13.8. The van der Waals surface area contributed by atoms with Crippen LogP contribution in [0.5, 0.6) is 0 Å². The predicted octanol–water partition coefficient (Wildman–Crippen LogP) is 4.80. The quantitative estimate of drug-likeness (QED) is 0.614. The summed E-state index contributed by atoms with van der Waals surface area (Å²) >= 11 is 1.53. The van der Waals surface area contributed by atoms with Crippen molar-refractivity contribution in [3.63, 3.8) is 0 Å². The van der Waals surface area contributed by atoms with E-state index in [0.29, 0.717) is 23.3 Å². The first kappa shape index (κ1) is 19.4. The number of oxazole rings is 1. The topological polar surface area (TPSA) is 75.4 Å². The number of carbonyl (C=O) groups excluding carboxylic acids is 2. The summed E-state index contributed by atoms with van der Waals surface area (Å²) in [4.78, 5) is 32.5. The van der Waals surface area contributed by atoms with E-state index in [1.165, 1.54) is 21.8 Å². The Morgan fingerprint density at radius 3 is 2.55 bits per heavy atom. The summed E-state index contributed by atoms with van der Waals surface area (Å²) in [6, 6.07) is 11.2. The van der Waals surface area contributed by atoms with E-state index >= 15 is 0 Å². The number of amides is 3. The number of imide groups is 1. The molecule has 3 aromatic rings. The fourth-order valence-corrected chi connectivity index (χ4v) is 4.12. The normalized spacial score (nSPS) is 19.3. The van der Waals surface area contributed by atoms with Gasteiger partial charge in [-0.25, -0.2) is 9.78 Å². The molecule has 1 atom stereocenters. The minimum absolute atomic E-state index is 0.0744. The van der Waals surface area contributed by atoms with Crippen molar-refractivity contribution in [2.75, 3.05) is 0 Å². The molecule has 1 N–H and O–H groups in total. The molecule has 4 rings (SSSR count). The molecule has 2 aromatic heterocycles. The highest BCUT2D eigenvalue weighted by atomic mass is 32.1. The summed E-state index contributed by atoms with van der Waals surface area (Å²) in [6.45, 7) is 7.84. The Morgan fingerprint density at radius 1 is 1.21 bits per heavy atom. The molecule has 7 heteroatoms. The predicted molar refractivity (Wildman–Crippen MR) is 112 cm³/mol. The fraction of sp³-hybridized carbons (Fsp3) is 0.318. The zero-order valence-corrected chi connectivity index (χ0v) is 17.7. The van der Waals surface area contributed by atoms with Gasteiger partial charge in [0.05, 0.1) is 11.4 Å². The van der Waals surface area contributed by atoms with Gasteiger partial charge in [-0.05, 0) is 42.3 Å². The number of thiophene rings is 1. The van der Waals surface area contributed by atoms with Crippen molar-refractivity contribution in [2.45, 2.75) is 45.7 Å². The average Bonchev–Trinajstić information content (AvgIpc) is 3.39. The number of nitrogens with zero attached hydrogens (tertiary/aromatic N) is 2. The lowest BCUT2D eigenvalue weighted by molar-refractivity contribution is -0.131. The maximum absolute atomic E-state index is 13.2. The van der Waals surface area contributed by atoms with E-state index in [4.69, 9.17) is 4.42 Å². The zero-order chi connectivity index (χ0) is 20.8. The van der Waals surface area contributed by atoms with Crippen molar-refractivity contribution >= 4 is 23.3 Å². The summed E-state index contributed by atoms with van der Waals surface area (Å²) in [5.74, 6) is 1.21. The first-order valence-electron chi connectivity index (χ1n) is 9.54. The van der Waals surface area contributed by atoms with Crippen LogP contribution in [0.4, 0.5) is 4.79 Å². The molecular formula is C22H23N3O3S. The van der Waals surface area contributed by atoms with Gasteiger partial charge in [-0.15, -0.1) is 11.3 Å².